The van der Waals surface area contributed by atoms with Gasteiger partial charge in [-0.3, -0.25) is 0 Å². The third kappa shape index (κ3) is 3.09. The van der Waals surface area contributed by atoms with Crippen LogP contribution in [0.15, 0.2) is 42.5 Å². The quantitative estimate of drug-likeness (QED) is 0.908. The van der Waals surface area contributed by atoms with E-state index in [0.717, 1.165) is 28.4 Å². The van der Waals surface area contributed by atoms with E-state index in [1.807, 2.05) is 25.2 Å². The lowest BCUT2D eigenvalue weighted by Gasteiger charge is -2.21. The highest BCUT2D eigenvalue weighted by molar-refractivity contribution is 6.33. The van der Waals surface area contributed by atoms with Crippen LogP contribution in [0.5, 0.6) is 0 Å². The van der Waals surface area contributed by atoms with E-state index in [2.05, 4.69) is 36.1 Å². The van der Waals surface area contributed by atoms with Gasteiger partial charge in [-0.2, -0.15) is 0 Å². The van der Waals surface area contributed by atoms with E-state index < -0.39 is 0 Å². The van der Waals surface area contributed by atoms with Gasteiger partial charge in [0.25, 0.3) is 0 Å². The lowest BCUT2D eigenvalue weighted by atomic mass is 10.1. The van der Waals surface area contributed by atoms with Gasteiger partial charge in [-0.15, -0.1) is 0 Å². The maximum Gasteiger partial charge on any atom is 0.0646 e. The number of aryl methyl sites for hydroxylation is 1. The summed E-state index contributed by atoms with van der Waals surface area (Å²) in [6.45, 7) is 2.66. The number of nitrogens with two attached hydrogens (primary N) is 1. The van der Waals surface area contributed by atoms with Crippen LogP contribution in [0.2, 0.25) is 5.02 Å². The summed E-state index contributed by atoms with van der Waals surface area (Å²) < 4.78 is 0. The molecule has 2 N–H and O–H groups in total. The number of anilines is 2. The van der Waals surface area contributed by atoms with Gasteiger partial charge < -0.3 is 10.6 Å². The van der Waals surface area contributed by atoms with E-state index in [4.69, 9.17) is 17.3 Å². The normalized spacial score (nSPS) is 10.5. The average molecular weight is 275 g/mol. The molecule has 0 heterocycles. The first kappa shape index (κ1) is 13.9. The first-order valence-electron chi connectivity index (χ1n) is 6.47. The second-order valence-electron chi connectivity index (χ2n) is 4.57. The first-order valence-corrected chi connectivity index (χ1v) is 6.84. The van der Waals surface area contributed by atoms with Crippen LogP contribution in [-0.4, -0.2) is 7.05 Å². The minimum absolute atomic E-state index is 0.509. The lowest BCUT2D eigenvalue weighted by molar-refractivity contribution is 1.07. The van der Waals surface area contributed by atoms with Crippen molar-refractivity contribution in [3.8, 4) is 0 Å². The zero-order valence-corrected chi connectivity index (χ0v) is 12.1. The van der Waals surface area contributed by atoms with E-state index in [9.17, 15) is 0 Å². The van der Waals surface area contributed by atoms with Crippen molar-refractivity contribution in [2.45, 2.75) is 19.9 Å². The second-order valence-corrected chi connectivity index (χ2v) is 4.98. The minimum atomic E-state index is 0.509. The molecule has 3 heteroatoms. The minimum Gasteiger partial charge on any atom is -0.343 e. The molecule has 0 aliphatic carbocycles. The molecule has 100 valence electrons. The van der Waals surface area contributed by atoms with Gasteiger partial charge in [0.1, 0.15) is 0 Å². The Hall–Kier alpha value is -1.51. The van der Waals surface area contributed by atoms with E-state index in [1.165, 1.54) is 5.56 Å². The molecule has 0 aliphatic heterocycles. The van der Waals surface area contributed by atoms with Crippen molar-refractivity contribution >= 4 is 23.0 Å². The first-order chi connectivity index (χ1) is 9.15. The fourth-order valence-corrected chi connectivity index (χ4v) is 2.37. The van der Waals surface area contributed by atoms with Crippen LogP contribution in [0.3, 0.4) is 0 Å². The molecule has 0 amide bonds. The molecule has 2 rings (SSSR count). The van der Waals surface area contributed by atoms with E-state index in [1.54, 1.807) is 0 Å². The van der Waals surface area contributed by atoms with Crippen molar-refractivity contribution in [2.75, 3.05) is 11.9 Å². The summed E-state index contributed by atoms with van der Waals surface area (Å²) in [5, 5.41) is 0.727. The van der Waals surface area contributed by atoms with Crippen molar-refractivity contribution in [2.24, 2.45) is 5.73 Å². The second kappa shape index (κ2) is 6.09. The highest BCUT2D eigenvalue weighted by Crippen LogP contribution is 2.31. The zero-order chi connectivity index (χ0) is 13.8. The molecular weight excluding hydrogens is 256 g/mol. The zero-order valence-electron chi connectivity index (χ0n) is 11.4. The molecule has 2 aromatic carbocycles. The summed E-state index contributed by atoms with van der Waals surface area (Å²) in [4.78, 5) is 2.09. The molecular formula is C16H19ClN2. The molecule has 19 heavy (non-hydrogen) atoms. The van der Waals surface area contributed by atoms with Gasteiger partial charge in [0.05, 0.1) is 10.7 Å². The van der Waals surface area contributed by atoms with Gasteiger partial charge in [-0.05, 0) is 41.8 Å². The van der Waals surface area contributed by atoms with Crippen LogP contribution < -0.4 is 10.6 Å². The summed E-state index contributed by atoms with van der Waals surface area (Å²) in [7, 11) is 2.02. The van der Waals surface area contributed by atoms with Crippen LogP contribution in [0, 0.1) is 0 Å². The third-order valence-electron chi connectivity index (χ3n) is 3.34. The summed E-state index contributed by atoms with van der Waals surface area (Å²) in [6.07, 6.45) is 1.05. The van der Waals surface area contributed by atoms with Crippen molar-refractivity contribution in [1.82, 2.24) is 0 Å². The fourth-order valence-electron chi connectivity index (χ4n) is 2.04. The maximum atomic E-state index is 6.31. The Balaban J connectivity index is 2.29. The van der Waals surface area contributed by atoms with E-state index in [-0.39, 0.29) is 0 Å². The Morgan fingerprint density at radius 1 is 1.05 bits per heavy atom. The number of rotatable bonds is 4. The molecule has 0 radical (unpaired) electrons. The van der Waals surface area contributed by atoms with Crippen molar-refractivity contribution in [1.29, 1.82) is 0 Å². The molecule has 0 atom stereocenters. The van der Waals surface area contributed by atoms with Crippen LogP contribution in [0.4, 0.5) is 11.4 Å². The molecule has 0 fully saturated rings. The predicted molar refractivity (Wildman–Crippen MR) is 83.2 cm³/mol. The van der Waals surface area contributed by atoms with Crippen molar-refractivity contribution < 1.29 is 0 Å². The topological polar surface area (TPSA) is 29.3 Å². The Labute approximate surface area is 119 Å². The Morgan fingerprint density at radius 3 is 2.21 bits per heavy atom. The SMILES string of the molecule is CCc1ccc(N(C)c2ccc(CN)cc2Cl)cc1. The van der Waals surface area contributed by atoms with Gasteiger partial charge in [0.2, 0.25) is 0 Å². The van der Waals surface area contributed by atoms with Crippen LogP contribution in [-0.2, 0) is 13.0 Å². The Morgan fingerprint density at radius 2 is 1.68 bits per heavy atom. The number of halogens is 1. The molecule has 0 bridgehead atoms. The van der Waals surface area contributed by atoms with Gasteiger partial charge >= 0.3 is 0 Å². The summed E-state index contributed by atoms with van der Waals surface area (Å²) >= 11 is 6.31. The van der Waals surface area contributed by atoms with Crippen LogP contribution in [0.1, 0.15) is 18.1 Å². The highest BCUT2D eigenvalue weighted by atomic mass is 35.5. The third-order valence-corrected chi connectivity index (χ3v) is 3.64. The largest absolute Gasteiger partial charge is 0.343 e. The monoisotopic (exact) mass is 274 g/mol. The van der Waals surface area contributed by atoms with Gasteiger partial charge in [-0.25, -0.2) is 0 Å². The average Bonchev–Trinajstić information content (AvgIpc) is 2.46. The molecule has 0 aliphatic rings. The predicted octanol–water partition coefficient (Wildman–Crippen LogP) is 4.13. The smallest absolute Gasteiger partial charge is 0.0646 e. The van der Waals surface area contributed by atoms with E-state index in [0.29, 0.717) is 6.54 Å². The number of nitrogens with zero attached hydrogens (tertiary/aromatic N) is 1. The molecule has 2 aromatic rings. The van der Waals surface area contributed by atoms with Crippen LogP contribution in [0.25, 0.3) is 0 Å². The van der Waals surface area contributed by atoms with Gasteiger partial charge in [0.15, 0.2) is 0 Å². The van der Waals surface area contributed by atoms with Gasteiger partial charge in [0, 0.05) is 19.3 Å². The molecule has 2 nitrogen and oxygen atoms in total. The molecule has 0 saturated carbocycles. The number of benzene rings is 2. The molecule has 0 aromatic heterocycles. The summed E-state index contributed by atoms with van der Waals surface area (Å²) in [5.74, 6) is 0. The Kier molecular flexibility index (Phi) is 4.46. The molecule has 0 saturated heterocycles. The number of hydrogen-bond donors (Lipinski definition) is 1. The van der Waals surface area contributed by atoms with Crippen molar-refractivity contribution in [3.63, 3.8) is 0 Å². The Bertz CT molecular complexity index is 549. The molecule has 0 unspecified atom stereocenters. The van der Waals surface area contributed by atoms with Crippen LogP contribution >= 0.6 is 11.6 Å². The molecule has 0 spiro atoms. The highest BCUT2D eigenvalue weighted by Gasteiger charge is 2.08. The number of hydrogen-bond acceptors (Lipinski definition) is 2. The fraction of sp³-hybridized carbons (Fsp3) is 0.250. The van der Waals surface area contributed by atoms with Gasteiger partial charge in [-0.1, -0.05) is 36.7 Å². The van der Waals surface area contributed by atoms with E-state index >= 15 is 0 Å². The summed E-state index contributed by atoms with van der Waals surface area (Å²) in [6, 6.07) is 14.5. The summed E-state index contributed by atoms with van der Waals surface area (Å²) in [5.41, 5.74) is 10.1. The standard InChI is InChI=1S/C16H19ClN2/c1-3-12-4-7-14(8-5-12)19(2)16-9-6-13(11-18)10-15(16)17/h4-10H,3,11,18H2,1-2H3. The maximum absolute atomic E-state index is 6.31. The lowest BCUT2D eigenvalue weighted by Crippen LogP contribution is -2.10. The van der Waals surface area contributed by atoms with Crippen molar-refractivity contribution in [3.05, 3.63) is 58.6 Å².